The monoisotopic (exact) mass is 430 g/mol. The highest BCUT2D eigenvalue weighted by Crippen LogP contribution is 2.66. The molecule has 0 atom stereocenters. The van der Waals surface area contributed by atoms with Gasteiger partial charge < -0.3 is 33.2 Å². The van der Waals surface area contributed by atoms with Crippen LogP contribution in [0.15, 0.2) is 24.3 Å². The van der Waals surface area contributed by atoms with Crippen molar-refractivity contribution in [2.45, 2.75) is 86.0 Å². The number of rotatable bonds is 3. The molecule has 1 aromatic rings. The maximum absolute atomic E-state index is 6.77. The van der Waals surface area contributed by atoms with Crippen molar-refractivity contribution in [3.05, 3.63) is 29.8 Å². The summed E-state index contributed by atoms with van der Waals surface area (Å²) >= 11 is 0. The molecule has 31 heavy (non-hydrogen) atoms. The van der Waals surface area contributed by atoms with Crippen molar-refractivity contribution >= 4 is 0 Å². The van der Waals surface area contributed by atoms with Crippen LogP contribution in [-0.2, 0) is 34.8 Å². The molecule has 8 rings (SSSR count). The average molecular weight is 430 g/mol. The van der Waals surface area contributed by atoms with E-state index in [-0.39, 0.29) is 18.3 Å². The lowest BCUT2D eigenvalue weighted by atomic mass is 9.57. The Morgan fingerprint density at radius 3 is 1.55 bits per heavy atom. The molecular formula is C24H30O7. The third kappa shape index (κ3) is 2.35. The number of ether oxygens (including phenoxy) is 7. The molecule has 1 aliphatic carbocycles. The molecule has 0 aromatic heterocycles. The Morgan fingerprint density at radius 1 is 0.742 bits per heavy atom. The van der Waals surface area contributed by atoms with Crippen LogP contribution in [-0.4, -0.2) is 68.0 Å². The molecule has 0 N–H and O–H groups in total. The zero-order valence-corrected chi connectivity index (χ0v) is 18.0. The molecule has 168 valence electrons. The first-order valence-corrected chi connectivity index (χ1v) is 11.7. The second-order valence-corrected chi connectivity index (χ2v) is 9.92. The second kappa shape index (κ2) is 6.43. The number of hydrogen-bond donors (Lipinski definition) is 0. The SMILES string of the molecule is COc1ccc(CC23OC4C5(CCCO5)C(O2)C2(CCCO2)C(O3)C42CCCO2)cc1. The molecule has 1 saturated carbocycles. The lowest BCUT2D eigenvalue weighted by Crippen LogP contribution is -2.90. The number of hydrogen-bond acceptors (Lipinski definition) is 7. The predicted octanol–water partition coefficient (Wildman–Crippen LogP) is 2.74. The molecule has 0 amide bonds. The summed E-state index contributed by atoms with van der Waals surface area (Å²) in [6, 6.07) is 8.00. The smallest absolute Gasteiger partial charge is 0.288 e. The van der Waals surface area contributed by atoms with E-state index in [0.717, 1.165) is 69.7 Å². The van der Waals surface area contributed by atoms with Crippen LogP contribution in [0.1, 0.15) is 44.1 Å². The average Bonchev–Trinajstić information content (AvgIpc) is 3.56. The Morgan fingerprint density at radius 2 is 1.19 bits per heavy atom. The first-order valence-electron chi connectivity index (χ1n) is 11.7. The highest BCUT2D eigenvalue weighted by Gasteiger charge is 2.84. The number of methoxy groups -OCH3 is 1. The minimum Gasteiger partial charge on any atom is -0.497 e. The summed E-state index contributed by atoms with van der Waals surface area (Å²) in [5.41, 5.74) is -0.512. The second-order valence-electron chi connectivity index (χ2n) is 9.92. The Bertz CT molecular complexity index is 757. The van der Waals surface area contributed by atoms with Gasteiger partial charge in [0, 0.05) is 19.8 Å². The van der Waals surface area contributed by atoms with Crippen LogP contribution in [0.4, 0.5) is 0 Å². The van der Waals surface area contributed by atoms with Crippen molar-refractivity contribution in [3.63, 3.8) is 0 Å². The van der Waals surface area contributed by atoms with Crippen LogP contribution in [0.5, 0.6) is 5.75 Å². The van der Waals surface area contributed by atoms with Gasteiger partial charge in [-0.2, -0.15) is 0 Å². The maximum Gasteiger partial charge on any atom is 0.288 e. The highest BCUT2D eigenvalue weighted by atomic mass is 16.9. The van der Waals surface area contributed by atoms with Crippen LogP contribution < -0.4 is 4.74 Å². The zero-order valence-electron chi connectivity index (χ0n) is 18.0. The van der Waals surface area contributed by atoms with Gasteiger partial charge in [-0.1, -0.05) is 12.1 Å². The standard InChI is InChI=1S/C24H30O7/c1-25-17-7-5-16(6-8-17)15-24-29-18-21(9-2-12-26-21)19(30-24)23(11-4-14-28-23)20(31-24)22(18)10-3-13-27-22/h5-8,18-20H,2-4,9-15H2,1H3. The van der Waals surface area contributed by atoms with Crippen molar-refractivity contribution in [3.8, 4) is 5.75 Å². The molecule has 3 spiro atoms. The molecule has 7 aliphatic rings. The molecule has 6 saturated heterocycles. The van der Waals surface area contributed by atoms with Crippen molar-refractivity contribution in [1.82, 2.24) is 0 Å². The minimum atomic E-state index is -1.14. The maximum atomic E-state index is 6.77. The molecule has 7 heteroatoms. The van der Waals surface area contributed by atoms with Crippen molar-refractivity contribution in [1.29, 1.82) is 0 Å². The summed E-state index contributed by atoms with van der Waals surface area (Å²) in [5, 5.41) is 0. The molecule has 0 radical (unpaired) electrons. The first kappa shape index (κ1) is 19.3. The van der Waals surface area contributed by atoms with Gasteiger partial charge in [0.1, 0.15) is 40.9 Å². The van der Waals surface area contributed by atoms with Crippen LogP contribution in [0.2, 0.25) is 0 Å². The van der Waals surface area contributed by atoms with E-state index in [9.17, 15) is 0 Å². The van der Waals surface area contributed by atoms with Gasteiger partial charge in [0.05, 0.1) is 13.5 Å². The highest BCUT2D eigenvalue weighted by molar-refractivity contribution is 5.32. The van der Waals surface area contributed by atoms with Gasteiger partial charge in [-0.05, 0) is 56.2 Å². The summed E-state index contributed by atoms with van der Waals surface area (Å²) in [6.07, 6.45) is 5.59. The van der Waals surface area contributed by atoms with E-state index < -0.39 is 22.8 Å². The Kier molecular flexibility index (Phi) is 4.00. The predicted molar refractivity (Wildman–Crippen MR) is 108 cm³/mol. The van der Waals surface area contributed by atoms with Crippen molar-refractivity contribution in [2.75, 3.05) is 26.9 Å². The topological polar surface area (TPSA) is 64.6 Å². The van der Waals surface area contributed by atoms with E-state index in [0.29, 0.717) is 6.42 Å². The molecule has 7 nitrogen and oxygen atoms in total. The Hall–Kier alpha value is -1.22. The lowest BCUT2D eigenvalue weighted by molar-refractivity contribution is -0.580. The zero-order chi connectivity index (χ0) is 20.7. The molecule has 6 aliphatic heterocycles. The Labute approximate surface area is 182 Å². The van der Waals surface area contributed by atoms with Crippen LogP contribution >= 0.6 is 0 Å². The van der Waals surface area contributed by atoms with E-state index in [1.165, 1.54) is 0 Å². The molecule has 0 unspecified atom stereocenters. The van der Waals surface area contributed by atoms with E-state index >= 15 is 0 Å². The van der Waals surface area contributed by atoms with Crippen LogP contribution in [0.3, 0.4) is 0 Å². The van der Waals surface area contributed by atoms with Gasteiger partial charge >= 0.3 is 0 Å². The molecule has 4 bridgehead atoms. The van der Waals surface area contributed by atoms with Gasteiger partial charge in [0.25, 0.3) is 5.97 Å². The summed E-state index contributed by atoms with van der Waals surface area (Å²) in [4.78, 5) is 0. The van der Waals surface area contributed by atoms with E-state index in [2.05, 4.69) is 0 Å². The summed E-state index contributed by atoms with van der Waals surface area (Å²) in [5.74, 6) is -0.313. The molecular weight excluding hydrogens is 400 g/mol. The van der Waals surface area contributed by atoms with E-state index in [1.54, 1.807) is 7.11 Å². The van der Waals surface area contributed by atoms with Crippen LogP contribution in [0, 0.1) is 0 Å². The Balaban J connectivity index is 1.33. The molecule has 6 heterocycles. The van der Waals surface area contributed by atoms with Gasteiger partial charge in [0.15, 0.2) is 0 Å². The number of benzene rings is 1. The fourth-order valence-electron chi connectivity index (χ4n) is 7.28. The largest absolute Gasteiger partial charge is 0.497 e. The summed E-state index contributed by atoms with van der Waals surface area (Å²) < 4.78 is 45.2. The normalized spacial score (nSPS) is 49.8. The fraction of sp³-hybridized carbons (Fsp3) is 0.750. The van der Waals surface area contributed by atoms with Crippen LogP contribution in [0.25, 0.3) is 0 Å². The van der Waals surface area contributed by atoms with Gasteiger partial charge in [-0.15, -0.1) is 0 Å². The van der Waals surface area contributed by atoms with Gasteiger partial charge in [0.2, 0.25) is 0 Å². The summed E-state index contributed by atoms with van der Waals surface area (Å²) in [6.45, 7) is 2.18. The first-order chi connectivity index (χ1) is 15.1. The third-order valence-corrected chi connectivity index (χ3v) is 8.38. The van der Waals surface area contributed by atoms with E-state index in [1.807, 2.05) is 24.3 Å². The fourth-order valence-corrected chi connectivity index (χ4v) is 7.28. The van der Waals surface area contributed by atoms with Gasteiger partial charge in [-0.3, -0.25) is 0 Å². The minimum absolute atomic E-state index is 0.212. The van der Waals surface area contributed by atoms with Crippen molar-refractivity contribution in [2.24, 2.45) is 0 Å². The third-order valence-electron chi connectivity index (χ3n) is 8.38. The summed E-state index contributed by atoms with van der Waals surface area (Å²) in [7, 11) is 1.67. The van der Waals surface area contributed by atoms with Crippen molar-refractivity contribution < 1.29 is 33.2 Å². The molecule has 1 aromatic carbocycles. The van der Waals surface area contributed by atoms with Gasteiger partial charge in [-0.25, -0.2) is 0 Å². The molecule has 7 fully saturated rings. The van der Waals surface area contributed by atoms with E-state index in [4.69, 9.17) is 33.2 Å². The lowest BCUT2D eigenvalue weighted by Gasteiger charge is -2.72. The quantitative estimate of drug-likeness (QED) is 0.731.